The number of hydrogen-bond acceptors (Lipinski definition) is 4. The molecule has 1 aliphatic rings. The number of rotatable bonds is 6. The lowest BCUT2D eigenvalue weighted by atomic mass is 9.84. The predicted molar refractivity (Wildman–Crippen MR) is 77.9 cm³/mol. The lowest BCUT2D eigenvalue weighted by Crippen LogP contribution is -2.37. The zero-order valence-electron chi connectivity index (χ0n) is 12.4. The third-order valence-electron chi connectivity index (χ3n) is 3.91. The Hall–Kier alpha value is -2.04. The van der Waals surface area contributed by atoms with Crippen LogP contribution in [0.2, 0.25) is 0 Å². The van der Waals surface area contributed by atoms with Crippen LogP contribution in [-0.4, -0.2) is 26.1 Å². The molecule has 1 atom stereocenters. The molecule has 5 heteroatoms. The van der Waals surface area contributed by atoms with E-state index >= 15 is 0 Å². The first kappa shape index (κ1) is 15.4. The molecule has 1 aromatic rings. The number of nitrogens with one attached hydrogen (secondary N) is 1. The Morgan fingerprint density at radius 1 is 1.24 bits per heavy atom. The van der Waals surface area contributed by atoms with E-state index in [2.05, 4.69) is 5.32 Å². The van der Waals surface area contributed by atoms with Gasteiger partial charge in [-0.3, -0.25) is 9.59 Å². The number of methoxy groups -OCH3 is 2. The van der Waals surface area contributed by atoms with Gasteiger partial charge in [0.15, 0.2) is 0 Å². The molecule has 1 aliphatic carbocycles. The highest BCUT2D eigenvalue weighted by Gasteiger charge is 2.28. The number of carbonyl (C=O) groups is 2. The van der Waals surface area contributed by atoms with Crippen molar-refractivity contribution in [2.24, 2.45) is 5.92 Å². The lowest BCUT2D eigenvalue weighted by molar-refractivity contribution is -0.141. The Bertz CT molecular complexity index is 494. The van der Waals surface area contributed by atoms with Crippen molar-refractivity contribution in [3.05, 3.63) is 29.8 Å². The van der Waals surface area contributed by atoms with Gasteiger partial charge in [-0.2, -0.15) is 0 Å². The molecule has 1 unspecified atom stereocenters. The van der Waals surface area contributed by atoms with Gasteiger partial charge in [0, 0.05) is 5.92 Å². The van der Waals surface area contributed by atoms with E-state index in [1.807, 2.05) is 24.3 Å². The standard InChI is InChI=1S/C16H21NO4/c1-20-13-8-6-11(7-9-13)14(10-15(18)21-2)17-16(19)12-4-3-5-12/h6-9,12,14H,3-5,10H2,1-2H3,(H,17,19). The van der Waals surface area contributed by atoms with Crippen LogP contribution in [-0.2, 0) is 14.3 Å². The largest absolute Gasteiger partial charge is 0.497 e. The molecule has 0 spiro atoms. The van der Waals surface area contributed by atoms with Crippen molar-refractivity contribution in [1.82, 2.24) is 5.32 Å². The molecule has 0 saturated heterocycles. The molecule has 0 radical (unpaired) electrons. The molecular formula is C16H21NO4. The summed E-state index contributed by atoms with van der Waals surface area (Å²) < 4.78 is 9.83. The van der Waals surface area contributed by atoms with E-state index in [4.69, 9.17) is 9.47 Å². The van der Waals surface area contributed by atoms with Crippen LogP contribution in [0, 0.1) is 5.92 Å². The minimum absolute atomic E-state index is 0.0194. The van der Waals surface area contributed by atoms with Crippen molar-refractivity contribution < 1.29 is 19.1 Å². The molecule has 1 aromatic carbocycles. The monoisotopic (exact) mass is 291 g/mol. The normalized spacial score (nSPS) is 15.7. The second-order valence-electron chi connectivity index (χ2n) is 5.24. The third kappa shape index (κ3) is 3.97. The fourth-order valence-electron chi connectivity index (χ4n) is 2.30. The van der Waals surface area contributed by atoms with Crippen LogP contribution < -0.4 is 10.1 Å². The summed E-state index contributed by atoms with van der Waals surface area (Å²) in [5.41, 5.74) is 0.869. The fourth-order valence-corrected chi connectivity index (χ4v) is 2.30. The summed E-state index contributed by atoms with van der Waals surface area (Å²) in [7, 11) is 2.94. The van der Waals surface area contributed by atoms with Crippen LogP contribution in [0.5, 0.6) is 5.75 Å². The van der Waals surface area contributed by atoms with Crippen LogP contribution in [0.25, 0.3) is 0 Å². The first-order chi connectivity index (χ1) is 10.1. The Balaban J connectivity index is 2.09. The van der Waals surface area contributed by atoms with Crippen molar-refractivity contribution in [2.75, 3.05) is 14.2 Å². The molecule has 2 rings (SSSR count). The molecule has 5 nitrogen and oxygen atoms in total. The summed E-state index contributed by atoms with van der Waals surface area (Å²) >= 11 is 0. The van der Waals surface area contributed by atoms with Crippen molar-refractivity contribution in [2.45, 2.75) is 31.7 Å². The van der Waals surface area contributed by atoms with Gasteiger partial charge < -0.3 is 14.8 Å². The molecule has 1 N–H and O–H groups in total. The average molecular weight is 291 g/mol. The maximum Gasteiger partial charge on any atom is 0.307 e. The van der Waals surface area contributed by atoms with Crippen LogP contribution in [0.4, 0.5) is 0 Å². The second-order valence-corrected chi connectivity index (χ2v) is 5.24. The van der Waals surface area contributed by atoms with Crippen molar-refractivity contribution in [3.63, 3.8) is 0 Å². The average Bonchev–Trinajstić information content (AvgIpc) is 2.44. The Kier molecular flexibility index (Phi) is 5.20. The number of ether oxygens (including phenoxy) is 2. The SMILES string of the molecule is COC(=O)CC(NC(=O)C1CCC1)c1ccc(OC)cc1. The summed E-state index contributed by atoms with van der Waals surface area (Å²) in [5.74, 6) is 0.500. The van der Waals surface area contributed by atoms with Gasteiger partial charge in [-0.15, -0.1) is 0 Å². The Morgan fingerprint density at radius 3 is 2.38 bits per heavy atom. The Labute approximate surface area is 124 Å². The van der Waals surface area contributed by atoms with Gasteiger partial charge in [0.1, 0.15) is 5.75 Å². The molecule has 0 aromatic heterocycles. The maximum absolute atomic E-state index is 12.1. The predicted octanol–water partition coefficient (Wildman–Crippen LogP) is 2.22. The van der Waals surface area contributed by atoms with Crippen molar-refractivity contribution >= 4 is 11.9 Å². The van der Waals surface area contributed by atoms with E-state index in [9.17, 15) is 9.59 Å². The fraction of sp³-hybridized carbons (Fsp3) is 0.500. The lowest BCUT2D eigenvalue weighted by Gasteiger charge is -2.27. The zero-order chi connectivity index (χ0) is 15.2. The van der Waals surface area contributed by atoms with Crippen LogP contribution in [0.15, 0.2) is 24.3 Å². The van der Waals surface area contributed by atoms with Crippen LogP contribution in [0.1, 0.15) is 37.3 Å². The van der Waals surface area contributed by atoms with Crippen LogP contribution in [0.3, 0.4) is 0 Å². The number of hydrogen-bond donors (Lipinski definition) is 1. The molecule has 114 valence electrons. The molecule has 0 heterocycles. The molecule has 1 amide bonds. The number of amides is 1. The van der Waals surface area contributed by atoms with Crippen molar-refractivity contribution in [1.29, 1.82) is 0 Å². The number of benzene rings is 1. The highest BCUT2D eigenvalue weighted by molar-refractivity contribution is 5.81. The highest BCUT2D eigenvalue weighted by atomic mass is 16.5. The molecular weight excluding hydrogens is 270 g/mol. The highest BCUT2D eigenvalue weighted by Crippen LogP contribution is 2.28. The first-order valence-corrected chi connectivity index (χ1v) is 7.15. The van der Waals surface area contributed by atoms with Crippen LogP contribution >= 0.6 is 0 Å². The summed E-state index contributed by atoms with van der Waals surface area (Å²) in [5, 5.41) is 2.96. The summed E-state index contributed by atoms with van der Waals surface area (Å²) in [4.78, 5) is 23.7. The Morgan fingerprint density at radius 2 is 1.90 bits per heavy atom. The molecule has 21 heavy (non-hydrogen) atoms. The molecule has 1 saturated carbocycles. The van der Waals surface area contributed by atoms with Gasteiger partial charge in [0.05, 0.1) is 26.7 Å². The van der Waals surface area contributed by atoms with E-state index in [1.165, 1.54) is 7.11 Å². The summed E-state index contributed by atoms with van der Waals surface area (Å²) in [6, 6.07) is 6.97. The van der Waals surface area contributed by atoms with Gasteiger partial charge in [-0.05, 0) is 30.5 Å². The maximum atomic E-state index is 12.1. The van der Waals surface area contributed by atoms with Gasteiger partial charge in [-0.1, -0.05) is 18.6 Å². The number of esters is 1. The molecule has 1 fully saturated rings. The third-order valence-corrected chi connectivity index (χ3v) is 3.91. The van der Waals surface area contributed by atoms with Crippen molar-refractivity contribution in [3.8, 4) is 5.75 Å². The zero-order valence-corrected chi connectivity index (χ0v) is 12.4. The summed E-state index contributed by atoms with van der Waals surface area (Å²) in [6.07, 6.45) is 3.09. The minimum Gasteiger partial charge on any atom is -0.497 e. The van der Waals surface area contributed by atoms with E-state index in [1.54, 1.807) is 7.11 Å². The minimum atomic E-state index is -0.364. The smallest absolute Gasteiger partial charge is 0.307 e. The van der Waals surface area contributed by atoms with E-state index in [0.717, 1.165) is 30.6 Å². The van der Waals surface area contributed by atoms with E-state index < -0.39 is 0 Å². The van der Waals surface area contributed by atoms with Gasteiger partial charge in [0.25, 0.3) is 0 Å². The number of carbonyl (C=O) groups excluding carboxylic acids is 2. The van der Waals surface area contributed by atoms with E-state index in [0.29, 0.717) is 0 Å². The quantitative estimate of drug-likeness (QED) is 0.816. The molecule has 0 bridgehead atoms. The van der Waals surface area contributed by atoms with Gasteiger partial charge in [-0.25, -0.2) is 0 Å². The second kappa shape index (κ2) is 7.11. The van der Waals surface area contributed by atoms with Gasteiger partial charge in [0.2, 0.25) is 5.91 Å². The molecule has 0 aliphatic heterocycles. The first-order valence-electron chi connectivity index (χ1n) is 7.15. The topological polar surface area (TPSA) is 64.6 Å². The van der Waals surface area contributed by atoms with Gasteiger partial charge >= 0.3 is 5.97 Å². The summed E-state index contributed by atoms with van der Waals surface area (Å²) in [6.45, 7) is 0. The van der Waals surface area contributed by atoms with E-state index in [-0.39, 0.29) is 30.3 Å².